The van der Waals surface area contributed by atoms with Gasteiger partial charge in [0.15, 0.2) is 17.3 Å². The average Bonchev–Trinajstić information content (AvgIpc) is 3.05. The topological polar surface area (TPSA) is 66.5 Å². The maximum absolute atomic E-state index is 4.57. The van der Waals surface area contributed by atoms with Crippen molar-refractivity contribution in [2.45, 2.75) is 13.3 Å². The van der Waals surface area contributed by atoms with Gasteiger partial charge in [0.25, 0.3) is 0 Å². The second-order valence-electron chi connectivity index (χ2n) is 3.90. The number of aromatic nitrogens is 4. The smallest absolute Gasteiger partial charge is 0.183 e. The first kappa shape index (κ1) is 11.2. The maximum atomic E-state index is 4.57. The molecule has 3 heterocycles. The number of anilines is 1. The lowest BCUT2D eigenvalue weighted by Gasteiger charge is -2.06. The molecule has 6 heteroatoms. The fourth-order valence-electron chi connectivity index (χ4n) is 1.72. The van der Waals surface area contributed by atoms with Gasteiger partial charge in [0.2, 0.25) is 0 Å². The molecule has 0 aliphatic heterocycles. The van der Waals surface area contributed by atoms with E-state index < -0.39 is 0 Å². The van der Waals surface area contributed by atoms with Crippen LogP contribution in [0.1, 0.15) is 13.3 Å². The molecule has 0 aliphatic rings. The minimum absolute atomic E-state index is 0.701. The Labute approximate surface area is 108 Å². The van der Waals surface area contributed by atoms with Gasteiger partial charge in [-0.15, -0.1) is 11.3 Å². The summed E-state index contributed by atoms with van der Waals surface area (Å²) in [6.07, 6.45) is 2.70. The lowest BCUT2D eigenvalue weighted by molar-refractivity contribution is 0.969. The van der Waals surface area contributed by atoms with Gasteiger partial charge in [-0.25, -0.2) is 15.0 Å². The number of aromatic amines is 1. The Balaban J connectivity index is 2.11. The average molecular weight is 259 g/mol. The van der Waals surface area contributed by atoms with Gasteiger partial charge in [-0.2, -0.15) is 0 Å². The van der Waals surface area contributed by atoms with Crippen LogP contribution in [0.3, 0.4) is 0 Å². The van der Waals surface area contributed by atoms with E-state index in [1.54, 1.807) is 17.7 Å². The highest BCUT2D eigenvalue weighted by molar-refractivity contribution is 7.13. The standard InChI is InChI=1S/C12H13N5S/c1-2-5-13-11-9-12(15-7-14-9)17-10(16-11)8-4-3-6-18-8/h3-4,6-7H,2,5H2,1H3,(H2,13,14,15,16,17). The maximum Gasteiger partial charge on any atom is 0.183 e. The molecule has 0 aliphatic carbocycles. The van der Waals surface area contributed by atoms with Crippen LogP contribution >= 0.6 is 11.3 Å². The summed E-state index contributed by atoms with van der Waals surface area (Å²) in [4.78, 5) is 17.4. The van der Waals surface area contributed by atoms with E-state index in [4.69, 9.17) is 0 Å². The minimum Gasteiger partial charge on any atom is -0.368 e. The van der Waals surface area contributed by atoms with Gasteiger partial charge in [-0.1, -0.05) is 13.0 Å². The molecule has 0 fully saturated rings. The summed E-state index contributed by atoms with van der Waals surface area (Å²) in [7, 11) is 0. The SMILES string of the molecule is CCCNc1nc(-c2cccs2)nc2nc[nH]c12. The first-order valence-corrected chi connectivity index (χ1v) is 6.75. The van der Waals surface area contributed by atoms with Gasteiger partial charge in [0, 0.05) is 6.54 Å². The van der Waals surface area contributed by atoms with Crippen molar-refractivity contribution in [3.63, 3.8) is 0 Å². The fraction of sp³-hybridized carbons (Fsp3) is 0.250. The minimum atomic E-state index is 0.701. The Kier molecular flexibility index (Phi) is 2.93. The van der Waals surface area contributed by atoms with E-state index in [2.05, 4.69) is 32.2 Å². The predicted octanol–water partition coefficient (Wildman–Crippen LogP) is 2.90. The molecule has 92 valence electrons. The number of nitrogens with one attached hydrogen (secondary N) is 2. The molecule has 3 aromatic rings. The zero-order valence-electron chi connectivity index (χ0n) is 9.97. The van der Waals surface area contributed by atoms with Crippen molar-refractivity contribution < 1.29 is 0 Å². The molecular formula is C12H13N5S. The van der Waals surface area contributed by atoms with Crippen molar-refractivity contribution in [1.29, 1.82) is 0 Å². The second-order valence-corrected chi connectivity index (χ2v) is 4.85. The normalized spacial score (nSPS) is 10.9. The van der Waals surface area contributed by atoms with E-state index >= 15 is 0 Å². The van der Waals surface area contributed by atoms with Crippen LogP contribution in [-0.4, -0.2) is 26.5 Å². The first-order chi connectivity index (χ1) is 8.88. The first-order valence-electron chi connectivity index (χ1n) is 5.87. The van der Waals surface area contributed by atoms with Crippen LogP contribution in [0.4, 0.5) is 5.82 Å². The Hall–Kier alpha value is -1.95. The van der Waals surface area contributed by atoms with Gasteiger partial charge < -0.3 is 10.3 Å². The number of rotatable bonds is 4. The molecule has 0 radical (unpaired) electrons. The molecule has 5 nitrogen and oxygen atoms in total. The molecule has 3 rings (SSSR count). The summed E-state index contributed by atoms with van der Waals surface area (Å²) in [5.74, 6) is 1.55. The van der Waals surface area contributed by atoms with Crippen molar-refractivity contribution in [2.75, 3.05) is 11.9 Å². The molecule has 0 saturated carbocycles. The molecule has 0 saturated heterocycles. The Morgan fingerprint density at radius 3 is 3.11 bits per heavy atom. The fourth-order valence-corrected chi connectivity index (χ4v) is 2.38. The number of imidazole rings is 1. The van der Waals surface area contributed by atoms with E-state index in [-0.39, 0.29) is 0 Å². The zero-order valence-corrected chi connectivity index (χ0v) is 10.8. The number of H-pyrrole nitrogens is 1. The summed E-state index contributed by atoms with van der Waals surface area (Å²) in [5, 5.41) is 5.33. The van der Waals surface area contributed by atoms with E-state index in [9.17, 15) is 0 Å². The van der Waals surface area contributed by atoms with E-state index in [0.717, 1.165) is 35.0 Å². The number of hydrogen-bond donors (Lipinski definition) is 2. The summed E-state index contributed by atoms with van der Waals surface area (Å²) in [6, 6.07) is 4.01. The van der Waals surface area contributed by atoms with Crippen molar-refractivity contribution in [1.82, 2.24) is 19.9 Å². The van der Waals surface area contributed by atoms with Crippen LogP contribution in [0.5, 0.6) is 0 Å². The summed E-state index contributed by atoms with van der Waals surface area (Å²) in [5.41, 5.74) is 1.57. The number of thiophene rings is 1. The highest BCUT2D eigenvalue weighted by Gasteiger charge is 2.11. The highest BCUT2D eigenvalue weighted by atomic mass is 32.1. The molecule has 0 bridgehead atoms. The largest absolute Gasteiger partial charge is 0.368 e. The third-order valence-electron chi connectivity index (χ3n) is 2.57. The molecule has 0 spiro atoms. The second kappa shape index (κ2) is 4.73. The van der Waals surface area contributed by atoms with Crippen LogP contribution in [0.2, 0.25) is 0 Å². The van der Waals surface area contributed by atoms with Crippen molar-refractivity contribution in [3.8, 4) is 10.7 Å². The summed E-state index contributed by atoms with van der Waals surface area (Å²) in [6.45, 7) is 3.01. The quantitative estimate of drug-likeness (QED) is 0.756. The monoisotopic (exact) mass is 259 g/mol. The lowest BCUT2D eigenvalue weighted by Crippen LogP contribution is -2.04. The van der Waals surface area contributed by atoms with Crippen LogP contribution in [0, 0.1) is 0 Å². The summed E-state index contributed by atoms with van der Waals surface area (Å²) < 4.78 is 0. The molecule has 0 amide bonds. The number of fused-ring (bicyclic) bond motifs is 1. The third-order valence-corrected chi connectivity index (χ3v) is 3.44. The molecule has 18 heavy (non-hydrogen) atoms. The van der Waals surface area contributed by atoms with Crippen molar-refractivity contribution in [2.24, 2.45) is 0 Å². The third kappa shape index (κ3) is 1.95. The van der Waals surface area contributed by atoms with Crippen LogP contribution in [-0.2, 0) is 0 Å². The van der Waals surface area contributed by atoms with Gasteiger partial charge in [0.1, 0.15) is 5.52 Å². The van der Waals surface area contributed by atoms with Crippen molar-refractivity contribution >= 4 is 28.3 Å². The zero-order chi connectivity index (χ0) is 12.4. The molecule has 2 N–H and O–H groups in total. The van der Waals surface area contributed by atoms with Gasteiger partial charge in [0.05, 0.1) is 11.2 Å². The number of nitrogens with zero attached hydrogens (tertiary/aromatic N) is 3. The molecule has 0 aromatic carbocycles. The Morgan fingerprint density at radius 1 is 1.39 bits per heavy atom. The van der Waals surface area contributed by atoms with E-state index in [1.807, 2.05) is 17.5 Å². The van der Waals surface area contributed by atoms with E-state index in [1.165, 1.54) is 0 Å². The predicted molar refractivity (Wildman–Crippen MR) is 73.8 cm³/mol. The lowest BCUT2D eigenvalue weighted by atomic mass is 10.4. The Bertz CT molecular complexity index is 644. The summed E-state index contributed by atoms with van der Waals surface area (Å²) >= 11 is 1.63. The van der Waals surface area contributed by atoms with Gasteiger partial charge in [-0.3, -0.25) is 0 Å². The van der Waals surface area contributed by atoms with Gasteiger partial charge >= 0.3 is 0 Å². The molecule has 0 unspecified atom stereocenters. The van der Waals surface area contributed by atoms with E-state index in [0.29, 0.717) is 5.65 Å². The highest BCUT2D eigenvalue weighted by Crippen LogP contribution is 2.25. The van der Waals surface area contributed by atoms with Crippen LogP contribution in [0.15, 0.2) is 23.8 Å². The van der Waals surface area contributed by atoms with Crippen molar-refractivity contribution in [3.05, 3.63) is 23.8 Å². The molecule has 0 atom stereocenters. The van der Waals surface area contributed by atoms with Crippen LogP contribution in [0.25, 0.3) is 21.9 Å². The van der Waals surface area contributed by atoms with Gasteiger partial charge in [-0.05, 0) is 17.9 Å². The number of hydrogen-bond acceptors (Lipinski definition) is 5. The Morgan fingerprint density at radius 2 is 2.33 bits per heavy atom. The molecule has 3 aromatic heterocycles. The molecular weight excluding hydrogens is 246 g/mol. The van der Waals surface area contributed by atoms with Crippen LogP contribution < -0.4 is 5.32 Å².